The molecule has 29 heavy (non-hydrogen) atoms. The van der Waals surface area contributed by atoms with Gasteiger partial charge < -0.3 is 15.4 Å². The van der Waals surface area contributed by atoms with Gasteiger partial charge in [0.2, 0.25) is 0 Å². The number of nitrogens with one attached hydrogen (secondary N) is 2. The van der Waals surface area contributed by atoms with E-state index in [1.807, 2.05) is 30.2 Å². The van der Waals surface area contributed by atoms with Crippen LogP contribution in [-0.4, -0.2) is 66.1 Å². The fourth-order valence-electron chi connectivity index (χ4n) is 3.43. The maximum absolute atomic E-state index is 5.47. The van der Waals surface area contributed by atoms with Crippen molar-refractivity contribution in [3.8, 4) is 0 Å². The van der Waals surface area contributed by atoms with Gasteiger partial charge in [0.05, 0.1) is 19.8 Å². The molecule has 1 aliphatic rings. The average molecular weight is 512 g/mol. The SMILES string of the molecule is CN=C(NCc1ccccc1Cn1cccn1)NCC(C)(C)N1CCOCC1.I. The summed E-state index contributed by atoms with van der Waals surface area (Å²) in [5.41, 5.74) is 2.54. The van der Waals surface area contributed by atoms with Crippen molar-refractivity contribution in [1.29, 1.82) is 0 Å². The molecule has 1 aliphatic heterocycles. The molecule has 8 heteroatoms. The number of aromatic nitrogens is 2. The molecule has 0 unspecified atom stereocenters. The number of hydrogen-bond acceptors (Lipinski definition) is 4. The predicted octanol–water partition coefficient (Wildman–Crippen LogP) is 2.33. The maximum atomic E-state index is 5.47. The Labute approximate surface area is 190 Å². The van der Waals surface area contributed by atoms with Crippen molar-refractivity contribution in [3.05, 3.63) is 53.9 Å². The van der Waals surface area contributed by atoms with E-state index in [2.05, 4.69) is 63.7 Å². The van der Waals surface area contributed by atoms with Gasteiger partial charge in [-0.3, -0.25) is 14.6 Å². The minimum atomic E-state index is 0. The van der Waals surface area contributed by atoms with Gasteiger partial charge in [0.15, 0.2) is 5.96 Å². The van der Waals surface area contributed by atoms with E-state index in [0.717, 1.165) is 51.9 Å². The quantitative estimate of drug-likeness (QED) is 0.339. The smallest absolute Gasteiger partial charge is 0.191 e. The molecule has 0 spiro atoms. The maximum Gasteiger partial charge on any atom is 0.191 e. The van der Waals surface area contributed by atoms with E-state index in [9.17, 15) is 0 Å². The highest BCUT2D eigenvalue weighted by Crippen LogP contribution is 2.15. The number of aliphatic imine (C=N–C) groups is 1. The summed E-state index contributed by atoms with van der Waals surface area (Å²) in [5, 5.41) is 11.2. The van der Waals surface area contributed by atoms with Crippen molar-refractivity contribution in [2.24, 2.45) is 4.99 Å². The van der Waals surface area contributed by atoms with Crippen LogP contribution in [0, 0.1) is 0 Å². The molecule has 7 nitrogen and oxygen atoms in total. The van der Waals surface area contributed by atoms with Crippen molar-refractivity contribution in [3.63, 3.8) is 0 Å². The molecule has 0 atom stereocenters. The highest BCUT2D eigenvalue weighted by atomic mass is 127. The van der Waals surface area contributed by atoms with Gasteiger partial charge in [0.1, 0.15) is 0 Å². The molecule has 1 fully saturated rings. The lowest BCUT2D eigenvalue weighted by atomic mass is 10.0. The predicted molar refractivity (Wildman–Crippen MR) is 128 cm³/mol. The summed E-state index contributed by atoms with van der Waals surface area (Å²) in [6.07, 6.45) is 3.79. The zero-order chi connectivity index (χ0) is 19.8. The third-order valence-electron chi connectivity index (χ3n) is 5.24. The van der Waals surface area contributed by atoms with Crippen molar-refractivity contribution in [2.45, 2.75) is 32.5 Å². The molecule has 0 amide bonds. The van der Waals surface area contributed by atoms with Gasteiger partial charge in [-0.05, 0) is 31.0 Å². The standard InChI is InChI=1S/C21H32N6O.HI/c1-21(2,26-11-13-28-14-12-26)17-24-20(22-3)23-15-18-7-4-5-8-19(18)16-27-10-6-9-25-27;/h4-10H,11-17H2,1-3H3,(H2,22,23,24);1H. The molecule has 0 saturated carbocycles. The zero-order valence-corrected chi connectivity index (χ0v) is 19.9. The van der Waals surface area contributed by atoms with Gasteiger partial charge in [0.25, 0.3) is 0 Å². The Morgan fingerprint density at radius 2 is 1.86 bits per heavy atom. The molecule has 1 aromatic heterocycles. The Bertz CT molecular complexity index is 756. The average Bonchev–Trinajstić information content (AvgIpc) is 3.23. The monoisotopic (exact) mass is 512 g/mol. The number of rotatable bonds is 7. The number of hydrogen-bond donors (Lipinski definition) is 2. The summed E-state index contributed by atoms with van der Waals surface area (Å²) in [6, 6.07) is 10.4. The molecule has 2 heterocycles. The van der Waals surface area contributed by atoms with E-state index in [4.69, 9.17) is 4.74 Å². The van der Waals surface area contributed by atoms with Crippen LogP contribution >= 0.6 is 24.0 Å². The number of morpholine rings is 1. The van der Waals surface area contributed by atoms with Crippen molar-refractivity contribution >= 4 is 29.9 Å². The second-order valence-electron chi connectivity index (χ2n) is 7.66. The van der Waals surface area contributed by atoms with E-state index >= 15 is 0 Å². The zero-order valence-electron chi connectivity index (χ0n) is 17.6. The van der Waals surface area contributed by atoms with Crippen LogP contribution in [0.15, 0.2) is 47.7 Å². The number of ether oxygens (including phenoxy) is 1. The van der Waals surface area contributed by atoms with E-state index in [1.165, 1.54) is 11.1 Å². The van der Waals surface area contributed by atoms with E-state index in [1.54, 1.807) is 0 Å². The molecule has 2 aromatic rings. The lowest BCUT2D eigenvalue weighted by Gasteiger charge is -2.41. The third kappa shape index (κ3) is 6.97. The first-order valence-corrected chi connectivity index (χ1v) is 9.90. The van der Waals surface area contributed by atoms with Crippen LogP contribution in [0.5, 0.6) is 0 Å². The fraction of sp³-hybridized carbons (Fsp3) is 0.524. The van der Waals surface area contributed by atoms with E-state index < -0.39 is 0 Å². The first-order chi connectivity index (χ1) is 13.6. The molecule has 0 aliphatic carbocycles. The minimum absolute atomic E-state index is 0. The molecule has 160 valence electrons. The second kappa shape index (κ2) is 11.5. The fourth-order valence-corrected chi connectivity index (χ4v) is 3.43. The van der Waals surface area contributed by atoms with Gasteiger partial charge in [-0.2, -0.15) is 5.10 Å². The Balaban J connectivity index is 0.00000300. The summed E-state index contributed by atoms with van der Waals surface area (Å²) >= 11 is 0. The van der Waals surface area contributed by atoms with Crippen LogP contribution in [0.3, 0.4) is 0 Å². The van der Waals surface area contributed by atoms with Crippen LogP contribution in [0.25, 0.3) is 0 Å². The first kappa shape index (κ1) is 23.6. The summed E-state index contributed by atoms with van der Waals surface area (Å²) in [5.74, 6) is 0.815. The van der Waals surface area contributed by atoms with Crippen LogP contribution in [0.1, 0.15) is 25.0 Å². The normalized spacial score (nSPS) is 15.6. The van der Waals surface area contributed by atoms with Gasteiger partial charge >= 0.3 is 0 Å². The van der Waals surface area contributed by atoms with Crippen LogP contribution < -0.4 is 10.6 Å². The molecule has 2 N–H and O–H groups in total. The Morgan fingerprint density at radius 3 is 2.52 bits per heavy atom. The van der Waals surface area contributed by atoms with Gasteiger partial charge in [-0.25, -0.2) is 0 Å². The van der Waals surface area contributed by atoms with Crippen LogP contribution in [0.4, 0.5) is 0 Å². The second-order valence-corrected chi connectivity index (χ2v) is 7.66. The summed E-state index contributed by atoms with van der Waals surface area (Å²) in [6.45, 7) is 10.4. The largest absolute Gasteiger partial charge is 0.379 e. The summed E-state index contributed by atoms with van der Waals surface area (Å²) in [4.78, 5) is 6.86. The van der Waals surface area contributed by atoms with E-state index in [0.29, 0.717) is 0 Å². The number of halogens is 1. The highest BCUT2D eigenvalue weighted by Gasteiger charge is 2.28. The molecule has 0 bridgehead atoms. The molecular formula is C21H33IN6O. The minimum Gasteiger partial charge on any atom is -0.379 e. The van der Waals surface area contributed by atoms with Gasteiger partial charge in [0, 0.05) is 51.2 Å². The molecule has 1 saturated heterocycles. The Kier molecular flexibility index (Phi) is 9.38. The molecule has 3 rings (SSSR count). The lowest BCUT2D eigenvalue weighted by molar-refractivity contribution is -0.00834. The van der Waals surface area contributed by atoms with Crippen molar-refractivity contribution < 1.29 is 4.74 Å². The molecular weight excluding hydrogens is 479 g/mol. The summed E-state index contributed by atoms with van der Waals surface area (Å²) < 4.78 is 7.41. The van der Waals surface area contributed by atoms with Crippen molar-refractivity contribution in [1.82, 2.24) is 25.3 Å². The Hall–Kier alpha value is -1.65. The van der Waals surface area contributed by atoms with Crippen molar-refractivity contribution in [2.75, 3.05) is 39.9 Å². The van der Waals surface area contributed by atoms with Crippen LogP contribution in [0.2, 0.25) is 0 Å². The number of guanidine groups is 1. The summed E-state index contributed by atoms with van der Waals surface area (Å²) in [7, 11) is 1.81. The third-order valence-corrected chi connectivity index (χ3v) is 5.24. The molecule has 1 aromatic carbocycles. The Morgan fingerprint density at radius 1 is 1.14 bits per heavy atom. The molecule has 0 radical (unpaired) electrons. The van der Waals surface area contributed by atoms with Gasteiger partial charge in [-0.1, -0.05) is 24.3 Å². The topological polar surface area (TPSA) is 66.7 Å². The highest BCUT2D eigenvalue weighted by molar-refractivity contribution is 14.0. The number of nitrogens with zero attached hydrogens (tertiary/aromatic N) is 4. The first-order valence-electron chi connectivity index (χ1n) is 9.90. The van der Waals surface area contributed by atoms with Crippen LogP contribution in [-0.2, 0) is 17.8 Å². The van der Waals surface area contributed by atoms with Gasteiger partial charge in [-0.15, -0.1) is 24.0 Å². The lowest BCUT2D eigenvalue weighted by Crippen LogP contribution is -2.56. The van der Waals surface area contributed by atoms with E-state index in [-0.39, 0.29) is 29.5 Å². The number of benzene rings is 1.